The van der Waals surface area contributed by atoms with Gasteiger partial charge in [-0.3, -0.25) is 9.48 Å². The predicted molar refractivity (Wildman–Crippen MR) is 87.0 cm³/mol. The molecule has 6 heteroatoms. The zero-order chi connectivity index (χ0) is 15.9. The summed E-state index contributed by atoms with van der Waals surface area (Å²) in [4.78, 5) is 14.3. The van der Waals surface area contributed by atoms with E-state index in [2.05, 4.69) is 5.10 Å². The molecule has 22 heavy (non-hydrogen) atoms. The molecule has 0 radical (unpaired) electrons. The normalized spacial score (nSPS) is 20.0. The number of rotatable bonds is 4. The number of aryl methyl sites for hydroxylation is 1. The first-order valence-electron chi connectivity index (χ1n) is 7.13. The zero-order valence-electron chi connectivity index (χ0n) is 12.5. The average Bonchev–Trinajstić information content (AvgIpc) is 3.14. The predicted octanol–water partition coefficient (Wildman–Crippen LogP) is 3.49. The first kappa shape index (κ1) is 15.4. The van der Waals surface area contributed by atoms with Gasteiger partial charge in [-0.25, -0.2) is 0 Å². The maximum atomic E-state index is 12.5. The fourth-order valence-electron chi connectivity index (χ4n) is 2.80. The Balaban J connectivity index is 1.64. The smallest absolute Gasteiger partial charge is 0.226 e. The molecule has 2 atom stereocenters. The van der Waals surface area contributed by atoms with Crippen LogP contribution in [0.15, 0.2) is 30.6 Å². The maximum Gasteiger partial charge on any atom is 0.226 e. The summed E-state index contributed by atoms with van der Waals surface area (Å²) in [5, 5.41) is 5.38. The number of carbonyl (C=O) groups excluding carboxylic acids is 1. The molecule has 4 nitrogen and oxygen atoms in total. The molecule has 1 heterocycles. The van der Waals surface area contributed by atoms with E-state index in [9.17, 15) is 4.79 Å². The highest BCUT2D eigenvalue weighted by Gasteiger charge is 2.46. The lowest BCUT2D eigenvalue weighted by Crippen LogP contribution is -2.27. The van der Waals surface area contributed by atoms with Crippen LogP contribution in [0.5, 0.6) is 0 Å². The third kappa shape index (κ3) is 3.13. The van der Waals surface area contributed by atoms with Crippen molar-refractivity contribution in [3.8, 4) is 0 Å². The van der Waals surface area contributed by atoms with E-state index in [1.165, 1.54) is 0 Å². The van der Waals surface area contributed by atoms with Crippen molar-refractivity contribution >= 4 is 29.1 Å². The van der Waals surface area contributed by atoms with Crippen LogP contribution in [-0.2, 0) is 18.4 Å². The van der Waals surface area contributed by atoms with Gasteiger partial charge in [-0.05, 0) is 30.0 Å². The summed E-state index contributed by atoms with van der Waals surface area (Å²) in [5.74, 6) is 0.369. The molecule has 2 aromatic rings. The van der Waals surface area contributed by atoms with Crippen molar-refractivity contribution in [3.63, 3.8) is 0 Å². The molecule has 1 amide bonds. The molecule has 0 N–H and O–H groups in total. The van der Waals surface area contributed by atoms with Crippen molar-refractivity contribution in [2.45, 2.75) is 18.9 Å². The first-order chi connectivity index (χ1) is 10.5. The number of benzene rings is 1. The van der Waals surface area contributed by atoms with Crippen LogP contribution in [0.4, 0.5) is 0 Å². The summed E-state index contributed by atoms with van der Waals surface area (Å²) in [6.07, 6.45) is 4.55. The second kappa shape index (κ2) is 5.94. The molecule has 3 rings (SSSR count). The van der Waals surface area contributed by atoms with Gasteiger partial charge in [0.05, 0.1) is 6.20 Å². The molecule has 0 aliphatic heterocycles. The molecule has 0 saturated heterocycles. The minimum atomic E-state index is 0.0142. The first-order valence-corrected chi connectivity index (χ1v) is 7.88. The van der Waals surface area contributed by atoms with Crippen LogP contribution in [0.2, 0.25) is 10.0 Å². The van der Waals surface area contributed by atoms with Gasteiger partial charge in [0.1, 0.15) is 0 Å². The fourth-order valence-corrected chi connectivity index (χ4v) is 3.35. The Hall–Kier alpha value is -1.52. The largest absolute Gasteiger partial charge is 0.341 e. The number of carbonyl (C=O) groups is 1. The van der Waals surface area contributed by atoms with Crippen molar-refractivity contribution in [2.75, 3.05) is 7.05 Å². The van der Waals surface area contributed by atoms with Gasteiger partial charge in [0.2, 0.25) is 5.91 Å². The van der Waals surface area contributed by atoms with E-state index in [0.29, 0.717) is 16.6 Å². The second-order valence-electron chi connectivity index (χ2n) is 5.83. The quantitative estimate of drug-likeness (QED) is 0.856. The SMILES string of the molecule is CN(Cc1cnn(C)c1)C(=O)[C@H]1C[C@H]1c1ccc(Cl)cc1Cl. The molecule has 1 aromatic heterocycles. The fraction of sp³-hybridized carbons (Fsp3) is 0.375. The van der Waals surface area contributed by atoms with Crippen molar-refractivity contribution in [2.24, 2.45) is 13.0 Å². The standard InChI is InChI=1S/C16H17Cl2N3O/c1-20(8-10-7-19-21(2)9-10)16(22)14-6-13(14)12-4-3-11(17)5-15(12)18/h3-5,7,9,13-14H,6,8H2,1-2H3/t13-,14-/m0/s1. The van der Waals surface area contributed by atoms with E-state index < -0.39 is 0 Å². The second-order valence-corrected chi connectivity index (χ2v) is 6.67. The lowest BCUT2D eigenvalue weighted by atomic mass is 10.1. The summed E-state index contributed by atoms with van der Waals surface area (Å²) < 4.78 is 1.74. The van der Waals surface area contributed by atoms with Crippen LogP contribution >= 0.6 is 23.2 Å². The van der Waals surface area contributed by atoms with Gasteiger partial charge in [0.25, 0.3) is 0 Å². The molecule has 1 aromatic carbocycles. The minimum absolute atomic E-state index is 0.0142. The molecule has 116 valence electrons. The maximum absolute atomic E-state index is 12.5. The number of hydrogen-bond donors (Lipinski definition) is 0. The summed E-state index contributed by atoms with van der Waals surface area (Å²) >= 11 is 12.1. The molecule has 1 aliphatic rings. The number of nitrogens with zero attached hydrogens (tertiary/aromatic N) is 3. The van der Waals surface area contributed by atoms with Gasteiger partial charge in [-0.15, -0.1) is 0 Å². The molecule has 1 fully saturated rings. The highest BCUT2D eigenvalue weighted by atomic mass is 35.5. The van der Waals surface area contributed by atoms with Gasteiger partial charge in [-0.1, -0.05) is 29.3 Å². The van der Waals surface area contributed by atoms with Crippen molar-refractivity contribution in [1.82, 2.24) is 14.7 Å². The summed E-state index contributed by atoms with van der Waals surface area (Å²) in [7, 11) is 3.69. The monoisotopic (exact) mass is 337 g/mol. The Morgan fingerprint density at radius 1 is 1.45 bits per heavy atom. The highest BCUT2D eigenvalue weighted by molar-refractivity contribution is 6.35. The van der Waals surface area contributed by atoms with Crippen molar-refractivity contribution in [3.05, 3.63) is 51.8 Å². The van der Waals surface area contributed by atoms with Crippen LogP contribution in [-0.4, -0.2) is 27.6 Å². The Morgan fingerprint density at radius 2 is 2.23 bits per heavy atom. The van der Waals surface area contributed by atoms with E-state index in [1.54, 1.807) is 21.8 Å². The molecule has 1 aliphatic carbocycles. The Morgan fingerprint density at radius 3 is 2.86 bits per heavy atom. The third-order valence-electron chi connectivity index (χ3n) is 4.02. The van der Waals surface area contributed by atoms with E-state index in [0.717, 1.165) is 17.5 Å². The number of aromatic nitrogens is 2. The summed E-state index contributed by atoms with van der Waals surface area (Å²) in [6.45, 7) is 0.574. The number of amides is 1. The molecule has 0 bridgehead atoms. The van der Waals surface area contributed by atoms with Gasteiger partial charge >= 0.3 is 0 Å². The summed E-state index contributed by atoms with van der Waals surface area (Å²) in [5.41, 5.74) is 2.04. The van der Waals surface area contributed by atoms with Gasteiger partial charge in [0.15, 0.2) is 0 Å². The Labute approximate surface area is 139 Å². The topological polar surface area (TPSA) is 38.1 Å². The lowest BCUT2D eigenvalue weighted by molar-refractivity contribution is -0.131. The average molecular weight is 338 g/mol. The van der Waals surface area contributed by atoms with Gasteiger partial charge in [0, 0.05) is 48.4 Å². The van der Waals surface area contributed by atoms with Crippen molar-refractivity contribution < 1.29 is 4.79 Å². The molecule has 1 saturated carbocycles. The Kier molecular flexibility index (Phi) is 4.15. The molecule has 0 spiro atoms. The van der Waals surface area contributed by atoms with Crippen LogP contribution in [0.25, 0.3) is 0 Å². The van der Waals surface area contributed by atoms with Gasteiger partial charge < -0.3 is 4.90 Å². The number of halogens is 2. The highest BCUT2D eigenvalue weighted by Crippen LogP contribution is 2.50. The molecule has 0 unspecified atom stereocenters. The lowest BCUT2D eigenvalue weighted by Gasteiger charge is -2.16. The van der Waals surface area contributed by atoms with Crippen molar-refractivity contribution in [1.29, 1.82) is 0 Å². The van der Waals surface area contributed by atoms with E-state index in [1.807, 2.05) is 32.4 Å². The van der Waals surface area contributed by atoms with Gasteiger partial charge in [-0.2, -0.15) is 5.10 Å². The summed E-state index contributed by atoms with van der Waals surface area (Å²) in [6, 6.07) is 5.48. The minimum Gasteiger partial charge on any atom is -0.341 e. The van der Waals surface area contributed by atoms with Crippen LogP contribution in [0, 0.1) is 5.92 Å². The zero-order valence-corrected chi connectivity index (χ0v) is 14.0. The van der Waals surface area contributed by atoms with Crippen LogP contribution in [0.3, 0.4) is 0 Å². The van der Waals surface area contributed by atoms with Crippen LogP contribution in [0.1, 0.15) is 23.5 Å². The van der Waals surface area contributed by atoms with E-state index in [-0.39, 0.29) is 17.7 Å². The number of hydrogen-bond acceptors (Lipinski definition) is 2. The third-order valence-corrected chi connectivity index (χ3v) is 4.59. The van der Waals surface area contributed by atoms with E-state index >= 15 is 0 Å². The van der Waals surface area contributed by atoms with E-state index in [4.69, 9.17) is 23.2 Å². The Bertz CT molecular complexity index is 713. The molecular formula is C16H17Cl2N3O. The molecular weight excluding hydrogens is 321 g/mol. The van der Waals surface area contributed by atoms with Crippen LogP contribution < -0.4 is 0 Å².